The molecule has 3 rings (SSSR count). The lowest BCUT2D eigenvalue weighted by Crippen LogP contribution is -2.30. The second kappa shape index (κ2) is 9.12. The van der Waals surface area contributed by atoms with Gasteiger partial charge in [0.2, 0.25) is 5.95 Å². The molecule has 28 heavy (non-hydrogen) atoms. The number of anilines is 3. The van der Waals surface area contributed by atoms with Gasteiger partial charge in [-0.25, -0.2) is 9.37 Å². The molecular formula is C21H22BrFN4O. The summed E-state index contributed by atoms with van der Waals surface area (Å²) in [5.41, 5.74) is 1.92. The van der Waals surface area contributed by atoms with E-state index in [0.29, 0.717) is 27.6 Å². The van der Waals surface area contributed by atoms with Crippen LogP contribution in [0.5, 0.6) is 0 Å². The standard InChI is InChI=1S/C21H22BrFN4O/c1-13(2)19(12-28)26-21-25-18(14-6-4-3-5-7-14)11-20(27-21)24-17-9-8-15(22)10-16(17)23/h3-11,13,19,28H,12H2,1-2H3,(H2,24,25,26,27)/t19-/m1/s1. The van der Waals surface area contributed by atoms with Gasteiger partial charge < -0.3 is 15.7 Å². The monoisotopic (exact) mass is 444 g/mol. The molecule has 0 spiro atoms. The van der Waals surface area contributed by atoms with Crippen molar-refractivity contribution in [3.05, 3.63) is 64.9 Å². The van der Waals surface area contributed by atoms with Gasteiger partial charge in [0, 0.05) is 16.1 Å². The fourth-order valence-corrected chi connectivity index (χ4v) is 2.98. The highest BCUT2D eigenvalue weighted by atomic mass is 79.9. The molecule has 0 aliphatic rings. The average molecular weight is 445 g/mol. The number of rotatable bonds is 7. The summed E-state index contributed by atoms with van der Waals surface area (Å²) in [5.74, 6) is 0.626. The highest BCUT2D eigenvalue weighted by Gasteiger charge is 2.15. The molecule has 146 valence electrons. The smallest absolute Gasteiger partial charge is 0.225 e. The Bertz CT molecular complexity index is 937. The molecule has 0 amide bonds. The van der Waals surface area contributed by atoms with E-state index in [1.165, 1.54) is 6.07 Å². The van der Waals surface area contributed by atoms with Gasteiger partial charge in [-0.2, -0.15) is 4.98 Å². The Kier molecular flexibility index (Phi) is 6.59. The number of aliphatic hydroxyl groups excluding tert-OH is 1. The summed E-state index contributed by atoms with van der Waals surface area (Å²) in [7, 11) is 0. The Morgan fingerprint density at radius 3 is 2.46 bits per heavy atom. The lowest BCUT2D eigenvalue weighted by atomic mass is 10.1. The number of aliphatic hydroxyl groups is 1. The molecule has 3 aromatic rings. The zero-order chi connectivity index (χ0) is 20.1. The summed E-state index contributed by atoms with van der Waals surface area (Å²) in [5, 5.41) is 15.8. The van der Waals surface area contributed by atoms with Crippen LogP contribution in [0.4, 0.5) is 21.8 Å². The van der Waals surface area contributed by atoms with Crippen LogP contribution in [0, 0.1) is 11.7 Å². The summed E-state index contributed by atoms with van der Waals surface area (Å²) >= 11 is 3.26. The van der Waals surface area contributed by atoms with E-state index in [-0.39, 0.29) is 24.4 Å². The number of hydrogen-bond acceptors (Lipinski definition) is 5. The Labute approximate surface area is 172 Å². The second-order valence-corrected chi connectivity index (χ2v) is 7.67. The number of benzene rings is 2. The van der Waals surface area contributed by atoms with E-state index in [1.54, 1.807) is 18.2 Å². The van der Waals surface area contributed by atoms with Crippen LogP contribution in [0.15, 0.2) is 59.1 Å². The molecule has 1 atom stereocenters. The number of hydrogen-bond donors (Lipinski definition) is 3. The fourth-order valence-electron chi connectivity index (χ4n) is 2.65. The Morgan fingerprint density at radius 1 is 1.07 bits per heavy atom. The van der Waals surface area contributed by atoms with Crippen LogP contribution in [0.1, 0.15) is 13.8 Å². The van der Waals surface area contributed by atoms with Crippen LogP contribution in [-0.4, -0.2) is 27.7 Å². The maximum atomic E-state index is 14.2. The maximum absolute atomic E-state index is 14.2. The van der Waals surface area contributed by atoms with Gasteiger partial charge in [0.15, 0.2) is 0 Å². The van der Waals surface area contributed by atoms with Crippen molar-refractivity contribution in [2.75, 3.05) is 17.2 Å². The van der Waals surface area contributed by atoms with Gasteiger partial charge in [-0.3, -0.25) is 0 Å². The van der Waals surface area contributed by atoms with Crippen molar-refractivity contribution in [2.45, 2.75) is 19.9 Å². The highest BCUT2D eigenvalue weighted by molar-refractivity contribution is 9.10. The molecule has 5 nitrogen and oxygen atoms in total. The van der Waals surface area contributed by atoms with Crippen LogP contribution in [0.2, 0.25) is 0 Å². The third-order valence-corrected chi connectivity index (χ3v) is 4.80. The molecule has 0 fully saturated rings. The number of nitrogens with one attached hydrogen (secondary N) is 2. The minimum Gasteiger partial charge on any atom is -0.394 e. The normalized spacial score (nSPS) is 12.1. The molecule has 0 bridgehead atoms. The fraction of sp³-hybridized carbons (Fsp3) is 0.238. The molecular weight excluding hydrogens is 423 g/mol. The van der Waals surface area contributed by atoms with Gasteiger partial charge in [0.1, 0.15) is 11.6 Å². The SMILES string of the molecule is CC(C)[C@@H](CO)Nc1nc(Nc2ccc(Br)cc2F)cc(-c2ccccc2)n1. The topological polar surface area (TPSA) is 70.1 Å². The van der Waals surface area contributed by atoms with Crippen molar-refractivity contribution < 1.29 is 9.50 Å². The van der Waals surface area contributed by atoms with E-state index >= 15 is 0 Å². The Hall–Kier alpha value is -2.51. The summed E-state index contributed by atoms with van der Waals surface area (Å²) in [6.45, 7) is 3.97. The minimum absolute atomic E-state index is 0.0410. The molecule has 0 aliphatic heterocycles. The molecule has 1 heterocycles. The molecule has 7 heteroatoms. The first-order valence-corrected chi connectivity index (χ1v) is 9.79. The molecule has 2 aromatic carbocycles. The first-order valence-electron chi connectivity index (χ1n) is 9.00. The van der Waals surface area contributed by atoms with Crippen molar-refractivity contribution in [2.24, 2.45) is 5.92 Å². The molecule has 0 saturated heterocycles. The molecule has 1 aromatic heterocycles. The second-order valence-electron chi connectivity index (χ2n) is 6.75. The third kappa shape index (κ3) is 5.05. The summed E-state index contributed by atoms with van der Waals surface area (Å²) < 4.78 is 14.9. The van der Waals surface area contributed by atoms with Crippen molar-refractivity contribution in [3.63, 3.8) is 0 Å². The molecule has 0 unspecified atom stereocenters. The van der Waals surface area contributed by atoms with Crippen molar-refractivity contribution in [3.8, 4) is 11.3 Å². The third-order valence-electron chi connectivity index (χ3n) is 4.31. The van der Waals surface area contributed by atoms with Crippen molar-refractivity contribution in [1.29, 1.82) is 0 Å². The van der Waals surface area contributed by atoms with Gasteiger partial charge >= 0.3 is 0 Å². The van der Waals surface area contributed by atoms with Gasteiger partial charge in [-0.1, -0.05) is 60.1 Å². The van der Waals surface area contributed by atoms with Crippen molar-refractivity contribution in [1.82, 2.24) is 9.97 Å². The van der Waals surface area contributed by atoms with E-state index in [9.17, 15) is 9.50 Å². The van der Waals surface area contributed by atoms with Crippen LogP contribution in [0.3, 0.4) is 0 Å². The van der Waals surface area contributed by atoms with Crippen molar-refractivity contribution >= 4 is 33.4 Å². The lowest BCUT2D eigenvalue weighted by molar-refractivity contribution is 0.248. The first-order chi connectivity index (χ1) is 13.5. The van der Waals surface area contributed by atoms with E-state index in [4.69, 9.17) is 0 Å². The molecule has 0 aliphatic carbocycles. The molecule has 3 N–H and O–H groups in total. The number of halogens is 2. The average Bonchev–Trinajstić information content (AvgIpc) is 2.68. The van der Waals surface area contributed by atoms with E-state index in [0.717, 1.165) is 5.56 Å². The predicted molar refractivity (Wildman–Crippen MR) is 114 cm³/mol. The van der Waals surface area contributed by atoms with Gasteiger partial charge in [-0.15, -0.1) is 0 Å². The van der Waals surface area contributed by atoms with Gasteiger partial charge in [0.25, 0.3) is 0 Å². The summed E-state index contributed by atoms with van der Waals surface area (Å²) in [4.78, 5) is 9.04. The zero-order valence-corrected chi connectivity index (χ0v) is 17.2. The van der Waals surface area contributed by atoms with Crippen LogP contribution in [0.25, 0.3) is 11.3 Å². The zero-order valence-electron chi connectivity index (χ0n) is 15.7. The van der Waals surface area contributed by atoms with Crippen LogP contribution in [-0.2, 0) is 0 Å². The largest absolute Gasteiger partial charge is 0.394 e. The van der Waals surface area contributed by atoms with Crippen LogP contribution >= 0.6 is 15.9 Å². The van der Waals surface area contributed by atoms with E-state index in [2.05, 4.69) is 36.5 Å². The highest BCUT2D eigenvalue weighted by Crippen LogP contribution is 2.26. The predicted octanol–water partition coefficient (Wildman–Crippen LogP) is 5.22. The lowest BCUT2D eigenvalue weighted by Gasteiger charge is -2.20. The maximum Gasteiger partial charge on any atom is 0.225 e. The van der Waals surface area contributed by atoms with Gasteiger partial charge in [0.05, 0.1) is 24.0 Å². The quantitative estimate of drug-likeness (QED) is 0.466. The summed E-state index contributed by atoms with van der Waals surface area (Å²) in [6, 6.07) is 16.0. The Balaban J connectivity index is 1.99. The first kappa shape index (κ1) is 20.2. The van der Waals surface area contributed by atoms with E-state index < -0.39 is 0 Å². The molecule has 0 radical (unpaired) electrons. The Morgan fingerprint density at radius 2 is 1.82 bits per heavy atom. The van der Waals surface area contributed by atoms with Crippen LogP contribution < -0.4 is 10.6 Å². The molecule has 0 saturated carbocycles. The number of nitrogens with zero attached hydrogens (tertiary/aromatic N) is 2. The van der Waals surface area contributed by atoms with E-state index in [1.807, 2.05) is 44.2 Å². The minimum atomic E-state index is -0.390. The van der Waals surface area contributed by atoms with Gasteiger partial charge in [-0.05, 0) is 24.1 Å². The number of aromatic nitrogens is 2. The summed E-state index contributed by atoms with van der Waals surface area (Å²) in [6.07, 6.45) is 0.